The van der Waals surface area contributed by atoms with Gasteiger partial charge in [0.2, 0.25) is 11.7 Å². The molecule has 402 valence electrons. The molecule has 3 aliphatic rings. The van der Waals surface area contributed by atoms with Crippen LogP contribution in [0.4, 0.5) is 11.8 Å². The third-order valence-electron chi connectivity index (χ3n) is 11.2. The quantitative estimate of drug-likeness (QED) is 0.0281. The standard InChI is InChI=1S/C32H44N12O25P4/c1-41-11-44(26-17(41)27(49)40-31(34)39-26)29-20(48)21(59-2)13(65-29)7-62-71(53,54)68-73(57,58)69-72(55,56)63-8-14-22(23(60-3)30(66-14)43-10-37-16-24(33)35-9-36-25(16)43)67-70(51,52)61-6-12-18(46)19(47)28(64-12)42-5-4-15(45)38-32(42)50/h4-5,9-14,18-23,28-30,46-48H,6-8H2,1-3H3,(H9-,33,34,35,36,38,39,40,45,49,50,51,52,53,54,55,56,57,58)/p-3/t12-,13-,14-,18+,19?,20+,21?,22+,23?,28-,29-,30-/m1/s1. The van der Waals surface area contributed by atoms with E-state index in [0.717, 1.165) is 43.7 Å². The molecule has 5 aromatic rings. The van der Waals surface area contributed by atoms with E-state index >= 15 is 0 Å². The number of anilines is 2. The van der Waals surface area contributed by atoms with Gasteiger partial charge in [0, 0.05) is 26.5 Å². The highest BCUT2D eigenvalue weighted by Crippen LogP contribution is 2.63. The van der Waals surface area contributed by atoms with Gasteiger partial charge in [-0.15, -0.1) is 0 Å². The number of aryl methyl sites for hydroxylation is 1. The molecular weight excluding hydrogens is 1080 g/mol. The molecule has 5 aromatic heterocycles. The maximum absolute atomic E-state index is 13.4. The first-order chi connectivity index (χ1) is 34.2. The van der Waals surface area contributed by atoms with Crippen LogP contribution in [0.25, 0.3) is 22.3 Å². The second kappa shape index (κ2) is 20.8. The smallest absolute Gasteiger partial charge is 0.330 e. The summed E-state index contributed by atoms with van der Waals surface area (Å²) in [6.45, 7) is -3.61. The van der Waals surface area contributed by atoms with Gasteiger partial charge < -0.3 is 88.1 Å². The minimum atomic E-state index is -6.56. The molecule has 16 atom stereocenters. The lowest BCUT2D eigenvalue weighted by atomic mass is 10.1. The summed E-state index contributed by atoms with van der Waals surface area (Å²) < 4.78 is 112. The second-order valence-corrected chi connectivity index (χ2v) is 21.7. The number of nitrogens with one attached hydrogen (secondary N) is 2. The number of hydrogen-bond acceptors (Lipinski definition) is 31. The Hall–Kier alpha value is -4.62. The van der Waals surface area contributed by atoms with E-state index in [-0.39, 0.29) is 34.1 Å². The highest BCUT2D eigenvalue weighted by molar-refractivity contribution is 7.65. The van der Waals surface area contributed by atoms with Crippen LogP contribution in [-0.2, 0) is 75.7 Å². The fraction of sp³-hybridized carbons (Fsp3) is 0.562. The molecule has 41 heteroatoms. The number of H-pyrrole nitrogens is 2. The maximum atomic E-state index is 13.4. The van der Waals surface area contributed by atoms with Crippen LogP contribution in [0.1, 0.15) is 18.7 Å². The molecule has 0 aliphatic carbocycles. The maximum Gasteiger partial charge on any atom is 0.330 e. The molecular formula is C32H41N12O25P4-3. The van der Waals surface area contributed by atoms with Crippen LogP contribution in [0.5, 0.6) is 0 Å². The molecule has 0 radical (unpaired) electrons. The van der Waals surface area contributed by atoms with E-state index < -0.39 is 142 Å². The third-order valence-corrected chi connectivity index (χ3v) is 16.3. The first kappa shape index (κ1) is 54.6. The first-order valence-corrected chi connectivity index (χ1v) is 26.4. The normalized spacial score (nSPS) is 30.9. The molecule has 3 fully saturated rings. The predicted molar refractivity (Wildman–Crippen MR) is 224 cm³/mol. The number of imidazole rings is 2. The van der Waals surface area contributed by atoms with Crippen molar-refractivity contribution in [2.45, 2.75) is 73.6 Å². The summed E-state index contributed by atoms with van der Waals surface area (Å²) in [4.78, 5) is 109. The van der Waals surface area contributed by atoms with Gasteiger partial charge in [-0.2, -0.15) is 0 Å². The Kier molecular flexibility index (Phi) is 15.6. The van der Waals surface area contributed by atoms with E-state index in [1.54, 1.807) is 0 Å². The molecule has 0 spiro atoms. The van der Waals surface area contributed by atoms with Crippen LogP contribution >= 0.6 is 31.3 Å². The summed E-state index contributed by atoms with van der Waals surface area (Å²) in [5.41, 5.74) is 8.97. The van der Waals surface area contributed by atoms with Gasteiger partial charge in [-0.05, 0) is 0 Å². The zero-order valence-electron chi connectivity index (χ0n) is 37.3. The summed E-state index contributed by atoms with van der Waals surface area (Å²) in [5.74, 6) is -0.415. The van der Waals surface area contributed by atoms with Gasteiger partial charge in [0.05, 0.1) is 33.2 Å². The van der Waals surface area contributed by atoms with E-state index in [2.05, 4.69) is 42.6 Å². The number of nitrogen functional groups attached to an aromatic ring is 2. The zero-order chi connectivity index (χ0) is 53.1. The van der Waals surface area contributed by atoms with E-state index in [9.17, 15) is 67.5 Å². The molecule has 3 aliphatic heterocycles. The Morgan fingerprint density at radius 1 is 0.753 bits per heavy atom. The van der Waals surface area contributed by atoms with Crippen molar-refractivity contribution in [3.63, 3.8) is 0 Å². The van der Waals surface area contributed by atoms with Crippen molar-refractivity contribution < 1.29 is 108 Å². The van der Waals surface area contributed by atoms with E-state index in [1.165, 1.54) is 22.5 Å². The molecule has 0 amide bonds. The molecule has 0 aromatic carbocycles. The number of aliphatic hydroxyl groups excluding tert-OH is 3. The zero-order valence-corrected chi connectivity index (χ0v) is 40.9. The largest absolute Gasteiger partial charge is 0.756 e. The topological polar surface area (TPSA) is 528 Å². The van der Waals surface area contributed by atoms with Crippen LogP contribution in [0, 0.1) is 0 Å². The Balaban J connectivity index is 0.935. The second-order valence-electron chi connectivity index (χ2n) is 15.8. The Morgan fingerprint density at radius 3 is 2.01 bits per heavy atom. The van der Waals surface area contributed by atoms with Crippen molar-refractivity contribution in [1.29, 1.82) is 0 Å². The number of phosphoric acid groups is 4. The lowest BCUT2D eigenvalue weighted by Crippen LogP contribution is -2.46. The fourth-order valence-electron chi connectivity index (χ4n) is 8.04. The van der Waals surface area contributed by atoms with Gasteiger partial charge in [-0.1, -0.05) is 4.98 Å². The first-order valence-electron chi connectivity index (χ1n) is 20.6. The van der Waals surface area contributed by atoms with Gasteiger partial charge in [-0.25, -0.2) is 32.9 Å². The highest BCUT2D eigenvalue weighted by Gasteiger charge is 2.52. The van der Waals surface area contributed by atoms with Crippen molar-refractivity contribution >= 4 is 65.4 Å². The molecule has 3 saturated heterocycles. The fourth-order valence-corrected chi connectivity index (χ4v) is 12.4. The Bertz CT molecular complexity index is 3240. The molecule has 0 bridgehead atoms. The number of aliphatic hydroxyl groups is 3. The number of aromatic nitrogens is 10. The molecule has 37 nitrogen and oxygen atoms in total. The predicted octanol–water partition coefficient (Wildman–Crippen LogP) is -6.75. The van der Waals surface area contributed by atoms with Crippen LogP contribution in [-0.4, -0.2) is 148 Å². The molecule has 9 N–H and O–H groups in total. The molecule has 7 unspecified atom stereocenters. The lowest BCUT2D eigenvalue weighted by Gasteiger charge is -2.35. The average molecular weight is 1120 g/mol. The van der Waals surface area contributed by atoms with Crippen molar-refractivity contribution in [2.24, 2.45) is 7.05 Å². The summed E-state index contributed by atoms with van der Waals surface area (Å²) >= 11 is 0. The van der Waals surface area contributed by atoms with E-state index in [4.69, 9.17) is 44.2 Å². The van der Waals surface area contributed by atoms with E-state index in [1.807, 2.05) is 4.98 Å². The van der Waals surface area contributed by atoms with Gasteiger partial charge in [-0.3, -0.25) is 51.5 Å². The van der Waals surface area contributed by atoms with Gasteiger partial charge in [0.15, 0.2) is 30.2 Å². The third kappa shape index (κ3) is 11.5. The van der Waals surface area contributed by atoms with Gasteiger partial charge in [0.1, 0.15) is 66.8 Å². The minimum Gasteiger partial charge on any atom is -0.756 e. The monoisotopic (exact) mass is 1120 g/mol. The molecule has 73 heavy (non-hydrogen) atoms. The van der Waals surface area contributed by atoms with Crippen molar-refractivity contribution in [2.75, 3.05) is 45.5 Å². The van der Waals surface area contributed by atoms with Crippen LogP contribution in [0.15, 0.2) is 45.6 Å². The summed E-state index contributed by atoms with van der Waals surface area (Å²) in [6.07, 6.45) is -15.8. The van der Waals surface area contributed by atoms with Crippen molar-refractivity contribution in [1.82, 2.24) is 43.6 Å². The molecule has 0 saturated carbocycles. The van der Waals surface area contributed by atoms with Crippen LogP contribution < -0.4 is 52.4 Å². The number of aromatic amines is 2. The number of nitrogens with zero attached hydrogens (tertiary/aromatic N) is 8. The molecule has 8 heterocycles. The summed E-state index contributed by atoms with van der Waals surface area (Å²) in [7, 11) is -21.1. The Morgan fingerprint density at radius 2 is 1.37 bits per heavy atom. The van der Waals surface area contributed by atoms with E-state index in [0.29, 0.717) is 4.57 Å². The number of rotatable bonds is 20. The highest BCUT2D eigenvalue weighted by atomic mass is 31.3. The Labute approximate surface area is 405 Å². The lowest BCUT2D eigenvalue weighted by molar-refractivity contribution is -0.745. The summed E-state index contributed by atoms with van der Waals surface area (Å²) in [6, 6.07) is 0.905. The van der Waals surface area contributed by atoms with Crippen molar-refractivity contribution in [3.05, 3.63) is 62.4 Å². The minimum absolute atomic E-state index is 0.00437. The van der Waals surface area contributed by atoms with Gasteiger partial charge >= 0.3 is 11.3 Å². The van der Waals surface area contributed by atoms with Crippen LogP contribution in [0.3, 0.4) is 0 Å². The van der Waals surface area contributed by atoms with Gasteiger partial charge in [0.25, 0.3) is 48.4 Å². The number of ether oxygens (including phenoxy) is 5. The number of nitrogens with two attached hydrogens (primary N) is 2. The SMILES string of the molecule is COC1[C@@H](OP(=O)([O-])OC[C@H]2O[C@@H](n3ccc(=O)[nH]c3=O)C(O)[C@H]2O)[C@@H](COP(=O)([O-])OP(=O)([O-])OP(=O)([O-])OC[C@H]2O[C@@H]([n+]3cn(C)c4c(=O)[nH]c(N)nc43)[C@@H](O)C2OC)O[C@H]1n1cnc2c(N)ncnc21. The number of fused-ring (bicyclic) bond motifs is 2. The van der Waals surface area contributed by atoms with Crippen LogP contribution in [0.2, 0.25) is 0 Å². The van der Waals surface area contributed by atoms with Crippen molar-refractivity contribution in [3.8, 4) is 0 Å². The number of phosphoric ester groups is 3. The average Bonchev–Trinajstić information content (AvgIpc) is 4.09. The summed E-state index contributed by atoms with van der Waals surface area (Å²) in [5, 5.41) is 32.2. The number of hydrogen-bond donors (Lipinski definition) is 7. The molecule has 8 rings (SSSR count). The number of methoxy groups -OCH3 is 2.